The van der Waals surface area contributed by atoms with Gasteiger partial charge in [0.05, 0.1) is 23.3 Å². The number of nitriles is 1. The molecule has 4 nitrogen and oxygen atoms in total. The van der Waals surface area contributed by atoms with E-state index >= 15 is 0 Å². The van der Waals surface area contributed by atoms with E-state index in [1.807, 2.05) is 44.2 Å². The van der Waals surface area contributed by atoms with Crippen LogP contribution in [0.2, 0.25) is 5.02 Å². The highest BCUT2D eigenvalue weighted by Gasteiger charge is 2.12. The summed E-state index contributed by atoms with van der Waals surface area (Å²) >= 11 is 6.17. The van der Waals surface area contributed by atoms with Crippen LogP contribution in [0.5, 0.6) is 17.2 Å². The smallest absolute Gasteiger partial charge is 0.179 e. The molecule has 0 bridgehead atoms. The molecule has 0 amide bonds. The predicted octanol–water partition coefficient (Wildman–Crippen LogP) is 4.38. The molecule has 0 spiro atoms. The summed E-state index contributed by atoms with van der Waals surface area (Å²) in [5.74, 6) is 1.69. The Kier molecular flexibility index (Phi) is 6.13. The molecule has 0 aromatic heterocycles. The standard InChI is InChI=1S/C18H18ClNO3/c1-3-21-17-11-14(12-20)10-16(19)18(17)23-8-7-22-15-6-4-5-13(2)9-15/h4-6,9-11H,3,7-8H2,1-2H3. The third kappa shape index (κ3) is 4.80. The van der Waals surface area contributed by atoms with Crippen LogP contribution in [0.25, 0.3) is 0 Å². The molecule has 2 aromatic carbocycles. The molecule has 120 valence electrons. The van der Waals surface area contributed by atoms with Gasteiger partial charge in [-0.3, -0.25) is 0 Å². The Balaban J connectivity index is 1.98. The van der Waals surface area contributed by atoms with Gasteiger partial charge in [0.2, 0.25) is 0 Å². The molecule has 0 fully saturated rings. The van der Waals surface area contributed by atoms with Gasteiger partial charge >= 0.3 is 0 Å². The van der Waals surface area contributed by atoms with Crippen LogP contribution in [-0.4, -0.2) is 19.8 Å². The first kappa shape index (κ1) is 17.0. The summed E-state index contributed by atoms with van der Waals surface area (Å²) in [6.45, 7) is 5.03. The van der Waals surface area contributed by atoms with Crippen LogP contribution in [0.15, 0.2) is 36.4 Å². The Bertz CT molecular complexity index is 710. The number of halogens is 1. The fraction of sp³-hybridized carbons (Fsp3) is 0.278. The van der Waals surface area contributed by atoms with Gasteiger partial charge in [0.15, 0.2) is 11.5 Å². The summed E-state index contributed by atoms with van der Waals surface area (Å²) in [6, 6.07) is 13.0. The molecule has 23 heavy (non-hydrogen) atoms. The normalized spacial score (nSPS) is 10.0. The van der Waals surface area contributed by atoms with Gasteiger partial charge in [0.1, 0.15) is 19.0 Å². The Hall–Kier alpha value is -2.38. The minimum Gasteiger partial charge on any atom is -0.490 e. The number of rotatable bonds is 7. The minimum atomic E-state index is 0.319. The van der Waals surface area contributed by atoms with E-state index in [1.165, 1.54) is 0 Å². The molecule has 0 atom stereocenters. The maximum Gasteiger partial charge on any atom is 0.179 e. The number of ether oxygens (including phenoxy) is 3. The van der Waals surface area contributed by atoms with E-state index in [9.17, 15) is 0 Å². The first-order valence-corrected chi connectivity index (χ1v) is 7.70. The van der Waals surface area contributed by atoms with Crippen molar-refractivity contribution in [2.45, 2.75) is 13.8 Å². The van der Waals surface area contributed by atoms with Gasteiger partial charge in [-0.15, -0.1) is 0 Å². The first-order chi connectivity index (χ1) is 11.1. The SMILES string of the molecule is CCOc1cc(C#N)cc(Cl)c1OCCOc1cccc(C)c1. The van der Waals surface area contributed by atoms with Crippen molar-refractivity contribution in [2.75, 3.05) is 19.8 Å². The number of hydrogen-bond acceptors (Lipinski definition) is 4. The van der Waals surface area contributed by atoms with Gasteiger partial charge in [-0.2, -0.15) is 5.26 Å². The molecule has 0 saturated carbocycles. The van der Waals surface area contributed by atoms with Crippen LogP contribution >= 0.6 is 11.6 Å². The molecule has 0 aliphatic rings. The Labute approximate surface area is 141 Å². The molecule has 0 radical (unpaired) electrons. The Morgan fingerprint density at radius 3 is 2.57 bits per heavy atom. The summed E-state index contributed by atoms with van der Waals surface area (Å²) in [5.41, 5.74) is 1.57. The highest BCUT2D eigenvalue weighted by molar-refractivity contribution is 6.32. The van der Waals surface area contributed by atoms with Crippen LogP contribution < -0.4 is 14.2 Å². The molecular formula is C18H18ClNO3. The average molecular weight is 332 g/mol. The lowest BCUT2D eigenvalue weighted by molar-refractivity contribution is 0.208. The lowest BCUT2D eigenvalue weighted by atomic mass is 10.2. The van der Waals surface area contributed by atoms with Crippen LogP contribution in [0.1, 0.15) is 18.1 Å². The zero-order valence-corrected chi connectivity index (χ0v) is 13.9. The number of aryl methyl sites for hydroxylation is 1. The molecule has 5 heteroatoms. The highest BCUT2D eigenvalue weighted by atomic mass is 35.5. The fourth-order valence-corrected chi connectivity index (χ4v) is 2.31. The third-order valence-electron chi connectivity index (χ3n) is 3.03. The van der Waals surface area contributed by atoms with Gasteiger partial charge in [0, 0.05) is 6.07 Å². The molecule has 2 aromatic rings. The van der Waals surface area contributed by atoms with Crippen molar-refractivity contribution in [1.82, 2.24) is 0 Å². The number of nitrogens with zero attached hydrogens (tertiary/aromatic N) is 1. The zero-order chi connectivity index (χ0) is 16.7. The molecule has 0 heterocycles. The average Bonchev–Trinajstić information content (AvgIpc) is 2.53. The second kappa shape index (κ2) is 8.30. The van der Waals surface area contributed by atoms with E-state index in [1.54, 1.807) is 12.1 Å². The number of hydrogen-bond donors (Lipinski definition) is 0. The first-order valence-electron chi connectivity index (χ1n) is 7.32. The summed E-state index contributed by atoms with van der Waals surface area (Å²) in [7, 11) is 0. The van der Waals surface area contributed by atoms with E-state index in [2.05, 4.69) is 0 Å². The van der Waals surface area contributed by atoms with E-state index in [-0.39, 0.29) is 0 Å². The van der Waals surface area contributed by atoms with Crippen molar-refractivity contribution >= 4 is 11.6 Å². The van der Waals surface area contributed by atoms with E-state index in [4.69, 9.17) is 31.1 Å². The van der Waals surface area contributed by atoms with Crippen molar-refractivity contribution in [1.29, 1.82) is 5.26 Å². The van der Waals surface area contributed by atoms with Gasteiger partial charge < -0.3 is 14.2 Å². The van der Waals surface area contributed by atoms with Gasteiger partial charge in [0.25, 0.3) is 0 Å². The maximum absolute atomic E-state index is 8.98. The second-order valence-electron chi connectivity index (χ2n) is 4.84. The van der Waals surface area contributed by atoms with E-state index in [0.717, 1.165) is 11.3 Å². The van der Waals surface area contributed by atoms with E-state index in [0.29, 0.717) is 41.9 Å². The molecule has 0 unspecified atom stereocenters. The van der Waals surface area contributed by atoms with Crippen molar-refractivity contribution in [3.63, 3.8) is 0 Å². The lowest BCUT2D eigenvalue weighted by Crippen LogP contribution is -2.10. The number of benzene rings is 2. The van der Waals surface area contributed by atoms with Gasteiger partial charge in [-0.1, -0.05) is 23.7 Å². The van der Waals surface area contributed by atoms with Crippen molar-refractivity contribution in [2.24, 2.45) is 0 Å². The second-order valence-corrected chi connectivity index (χ2v) is 5.25. The van der Waals surface area contributed by atoms with Crippen LogP contribution in [0.3, 0.4) is 0 Å². The van der Waals surface area contributed by atoms with Crippen molar-refractivity contribution in [3.8, 4) is 23.3 Å². The summed E-state index contributed by atoms with van der Waals surface area (Å²) in [6.07, 6.45) is 0. The van der Waals surface area contributed by atoms with E-state index < -0.39 is 0 Å². The van der Waals surface area contributed by atoms with Gasteiger partial charge in [-0.25, -0.2) is 0 Å². The largest absolute Gasteiger partial charge is 0.490 e. The topological polar surface area (TPSA) is 51.5 Å². The molecule has 0 aliphatic carbocycles. The van der Waals surface area contributed by atoms with Crippen LogP contribution in [0.4, 0.5) is 0 Å². The molecule has 0 aliphatic heterocycles. The monoisotopic (exact) mass is 331 g/mol. The minimum absolute atomic E-state index is 0.319. The lowest BCUT2D eigenvalue weighted by Gasteiger charge is -2.14. The fourth-order valence-electron chi connectivity index (χ4n) is 2.04. The zero-order valence-electron chi connectivity index (χ0n) is 13.1. The molecule has 2 rings (SSSR count). The summed E-state index contributed by atoms with van der Waals surface area (Å²) in [4.78, 5) is 0. The maximum atomic E-state index is 8.98. The summed E-state index contributed by atoms with van der Waals surface area (Å²) in [5, 5.41) is 9.33. The highest BCUT2D eigenvalue weighted by Crippen LogP contribution is 2.36. The third-order valence-corrected chi connectivity index (χ3v) is 3.31. The molecule has 0 saturated heterocycles. The predicted molar refractivity (Wildman–Crippen MR) is 89.5 cm³/mol. The Morgan fingerprint density at radius 1 is 1.09 bits per heavy atom. The Morgan fingerprint density at radius 2 is 1.87 bits per heavy atom. The molecule has 0 N–H and O–H groups in total. The van der Waals surface area contributed by atoms with Crippen molar-refractivity contribution < 1.29 is 14.2 Å². The van der Waals surface area contributed by atoms with Crippen molar-refractivity contribution in [3.05, 3.63) is 52.5 Å². The van der Waals surface area contributed by atoms with Gasteiger partial charge in [-0.05, 0) is 37.6 Å². The summed E-state index contributed by atoms with van der Waals surface area (Å²) < 4.78 is 16.8. The quantitative estimate of drug-likeness (QED) is 0.707. The van der Waals surface area contributed by atoms with Crippen LogP contribution in [0, 0.1) is 18.3 Å². The van der Waals surface area contributed by atoms with Crippen LogP contribution in [-0.2, 0) is 0 Å². The molecular weight excluding hydrogens is 314 g/mol.